The second-order valence-corrected chi connectivity index (χ2v) is 12.3. The van der Waals surface area contributed by atoms with Crippen LogP contribution in [0.2, 0.25) is 0 Å². The van der Waals surface area contributed by atoms with Crippen LogP contribution in [0.3, 0.4) is 0 Å². The predicted molar refractivity (Wildman–Crippen MR) is 132 cm³/mol. The van der Waals surface area contributed by atoms with Gasteiger partial charge in [-0.3, -0.25) is 18.2 Å². The summed E-state index contributed by atoms with van der Waals surface area (Å²) in [5, 5.41) is -2.11. The molecule has 4 aromatic carbocycles. The molecular weight excluding hydrogens is 604 g/mol. The summed E-state index contributed by atoms with van der Waals surface area (Å²) in [5.74, 6) is 0. The Morgan fingerprint density at radius 3 is 0.694 bits per heavy atom. The Balaban J connectivity index is 0.00000306. The molecule has 4 N–H and O–H groups in total. The van der Waals surface area contributed by atoms with Gasteiger partial charge in [-0.1, -0.05) is 24.3 Å². The van der Waals surface area contributed by atoms with Crippen molar-refractivity contribution >= 4 is 191 Å². The van der Waals surface area contributed by atoms with Crippen LogP contribution in [-0.2, 0) is 40.5 Å². The Morgan fingerprint density at radius 2 is 0.556 bits per heavy atom. The van der Waals surface area contributed by atoms with E-state index in [9.17, 15) is 51.9 Å². The summed E-state index contributed by atoms with van der Waals surface area (Å²) >= 11 is 0. The molecule has 4 radical (unpaired) electrons. The van der Waals surface area contributed by atoms with Gasteiger partial charge in [0.15, 0.2) is 0 Å². The Labute approximate surface area is 294 Å². The van der Waals surface area contributed by atoms with E-state index in [-0.39, 0.29) is 151 Å². The molecule has 36 heavy (non-hydrogen) atoms. The molecule has 0 heterocycles. The summed E-state index contributed by atoms with van der Waals surface area (Å²) < 4.78 is 134. The van der Waals surface area contributed by atoms with Crippen LogP contribution in [-0.4, -0.2) is 170 Å². The van der Waals surface area contributed by atoms with Gasteiger partial charge in [0.2, 0.25) is 0 Å². The summed E-state index contributed by atoms with van der Waals surface area (Å²) in [6.07, 6.45) is 0. The van der Waals surface area contributed by atoms with Gasteiger partial charge in [-0.05, 0) is 12.1 Å². The van der Waals surface area contributed by atoms with Gasteiger partial charge in [-0.25, -0.2) is 0 Å². The van der Waals surface area contributed by atoms with Gasteiger partial charge < -0.3 is 0 Å². The van der Waals surface area contributed by atoms with Gasteiger partial charge in [-0.15, -0.1) is 0 Å². The van der Waals surface area contributed by atoms with E-state index in [1.807, 2.05) is 0 Å². The maximum absolute atomic E-state index is 11.9. The molecule has 20 heteroatoms. The molecule has 0 spiro atoms. The van der Waals surface area contributed by atoms with E-state index in [0.29, 0.717) is 12.1 Å². The van der Waals surface area contributed by atoms with E-state index in [4.69, 9.17) is 0 Å². The summed E-state index contributed by atoms with van der Waals surface area (Å²) in [6.45, 7) is 0. The molecule has 0 saturated carbocycles. The standard InChI is InChI=1S/C16H10O12S4.4Na/c17-29(18,19)11-5-13(31(23,24)25)9-3-4-10-14(32(26,27)28)6-12(30(20,21)22)8-2-1-7(11)15(9)16(8)10;;;;/h1-6H,(H,17,18,19)(H,20,21,22)(H,23,24,25)(H,26,27,28);;;;. The normalized spacial score (nSPS) is 12.4. The third-order valence-corrected chi connectivity index (χ3v) is 8.43. The summed E-state index contributed by atoms with van der Waals surface area (Å²) in [6, 6.07) is 4.98. The summed E-state index contributed by atoms with van der Waals surface area (Å²) in [4.78, 5) is -3.90. The fraction of sp³-hybridized carbons (Fsp3) is 0. The van der Waals surface area contributed by atoms with Crippen molar-refractivity contribution in [3.63, 3.8) is 0 Å². The van der Waals surface area contributed by atoms with Crippen LogP contribution in [0.25, 0.3) is 32.3 Å². The molecule has 12 nitrogen and oxygen atoms in total. The van der Waals surface area contributed by atoms with Crippen molar-refractivity contribution in [3.8, 4) is 0 Å². The molecule has 0 aliphatic heterocycles. The zero-order valence-electron chi connectivity index (χ0n) is 19.2. The minimum absolute atomic E-state index is 0. The molecule has 4 aromatic rings. The molecule has 0 aromatic heterocycles. The van der Waals surface area contributed by atoms with Crippen molar-refractivity contribution in [3.05, 3.63) is 36.4 Å². The maximum atomic E-state index is 11.9. The van der Waals surface area contributed by atoms with Crippen LogP contribution >= 0.6 is 0 Å². The summed E-state index contributed by atoms with van der Waals surface area (Å²) in [5.41, 5.74) is 0. The van der Waals surface area contributed by atoms with Crippen molar-refractivity contribution in [2.75, 3.05) is 0 Å². The Morgan fingerprint density at radius 1 is 0.389 bits per heavy atom. The van der Waals surface area contributed by atoms with Crippen molar-refractivity contribution in [2.45, 2.75) is 19.6 Å². The second-order valence-electron chi connectivity index (χ2n) is 6.72. The molecular formula is C16H10Na4O12S4. The minimum atomic E-state index is -5.10. The zero-order chi connectivity index (χ0) is 24.0. The van der Waals surface area contributed by atoms with E-state index >= 15 is 0 Å². The monoisotopic (exact) mass is 614 g/mol. The van der Waals surface area contributed by atoms with Crippen LogP contribution in [0.4, 0.5) is 0 Å². The SMILES string of the molecule is O=S(=O)(O)c1cc(S(=O)(=O)O)c2ccc3c(S(=O)(=O)O)cc(S(=O)(=O)O)c4ccc1c2c43.[Na].[Na].[Na].[Na]. The number of rotatable bonds is 4. The van der Waals surface area contributed by atoms with Gasteiger partial charge in [0.05, 0.1) is 0 Å². The fourth-order valence-electron chi connectivity index (χ4n) is 3.72. The Kier molecular flexibility index (Phi) is 12.7. The van der Waals surface area contributed by atoms with Gasteiger partial charge in [0.25, 0.3) is 40.5 Å². The Bertz CT molecular complexity index is 1650. The average molecular weight is 614 g/mol. The quantitative estimate of drug-likeness (QED) is 0.136. The second kappa shape index (κ2) is 12.2. The topological polar surface area (TPSA) is 217 Å². The van der Waals surface area contributed by atoms with Gasteiger partial charge in [0, 0.05) is 151 Å². The van der Waals surface area contributed by atoms with Crippen molar-refractivity contribution in [1.29, 1.82) is 0 Å². The van der Waals surface area contributed by atoms with Crippen molar-refractivity contribution < 1.29 is 51.9 Å². The van der Waals surface area contributed by atoms with E-state index in [1.165, 1.54) is 0 Å². The fourth-order valence-corrected chi connectivity index (χ4v) is 6.73. The summed E-state index contributed by atoms with van der Waals surface area (Å²) in [7, 11) is -20.4. The third-order valence-electron chi connectivity index (χ3n) is 4.86. The predicted octanol–water partition coefficient (Wildman–Crippen LogP) is 0.0476. The molecule has 0 aliphatic carbocycles. The first-order valence-electron chi connectivity index (χ1n) is 8.11. The molecule has 4 rings (SSSR count). The number of benzene rings is 4. The van der Waals surface area contributed by atoms with Gasteiger partial charge in [-0.2, -0.15) is 33.7 Å². The van der Waals surface area contributed by atoms with E-state index in [1.54, 1.807) is 0 Å². The molecule has 174 valence electrons. The van der Waals surface area contributed by atoms with E-state index in [2.05, 4.69) is 0 Å². The molecule has 0 aliphatic rings. The largest absolute Gasteiger partial charge is 0.295 e. The van der Waals surface area contributed by atoms with Crippen LogP contribution in [0, 0.1) is 0 Å². The number of hydrogen-bond donors (Lipinski definition) is 4. The average Bonchev–Trinajstić information content (AvgIpc) is 2.61. The van der Waals surface area contributed by atoms with E-state index in [0.717, 1.165) is 24.3 Å². The van der Waals surface area contributed by atoms with Crippen LogP contribution in [0.1, 0.15) is 0 Å². The maximum Gasteiger partial charge on any atom is 0.295 e. The van der Waals surface area contributed by atoms with Crippen molar-refractivity contribution in [1.82, 2.24) is 0 Å². The molecule has 0 unspecified atom stereocenters. The van der Waals surface area contributed by atoms with Crippen LogP contribution in [0.15, 0.2) is 56.0 Å². The minimum Gasteiger partial charge on any atom is -0.282 e. The molecule has 0 bridgehead atoms. The molecule has 0 fully saturated rings. The smallest absolute Gasteiger partial charge is 0.282 e. The van der Waals surface area contributed by atoms with E-state index < -0.39 is 60.1 Å². The van der Waals surface area contributed by atoms with Crippen LogP contribution in [0.5, 0.6) is 0 Å². The van der Waals surface area contributed by atoms with Crippen LogP contribution < -0.4 is 0 Å². The molecule has 0 atom stereocenters. The molecule has 0 saturated heterocycles. The third kappa shape index (κ3) is 6.71. The molecule has 0 amide bonds. The van der Waals surface area contributed by atoms with Crippen molar-refractivity contribution in [2.24, 2.45) is 0 Å². The first kappa shape index (κ1) is 37.6. The first-order valence-corrected chi connectivity index (χ1v) is 13.9. The van der Waals surface area contributed by atoms with Gasteiger partial charge in [0.1, 0.15) is 19.6 Å². The Hall–Kier alpha value is 1.56. The first-order chi connectivity index (χ1) is 14.4. The van der Waals surface area contributed by atoms with Gasteiger partial charge >= 0.3 is 0 Å². The zero-order valence-corrected chi connectivity index (χ0v) is 30.4. The number of hydrogen-bond acceptors (Lipinski definition) is 8.